The smallest absolute Gasteiger partial charge is 0.311 e. The monoisotopic (exact) mass is 246 g/mol. The van der Waals surface area contributed by atoms with Crippen molar-refractivity contribution in [2.75, 3.05) is 0 Å². The van der Waals surface area contributed by atoms with E-state index in [9.17, 15) is 9.90 Å². The maximum absolute atomic E-state index is 11.3. The van der Waals surface area contributed by atoms with E-state index < -0.39 is 11.4 Å². The molecular weight excluding hydrogens is 232 g/mol. The second kappa shape index (κ2) is 2.13. The van der Waals surface area contributed by atoms with Crippen LogP contribution in [0.5, 0.6) is 0 Å². The van der Waals surface area contributed by atoms with E-state index in [0.717, 1.165) is 12.8 Å². The van der Waals surface area contributed by atoms with Crippen LogP contribution in [0.2, 0.25) is 0 Å². The first-order valence-electron chi connectivity index (χ1n) is 4.68. The molecule has 0 heterocycles. The summed E-state index contributed by atoms with van der Waals surface area (Å²) in [5.74, 6) is -0.630. The Kier molecular flexibility index (Phi) is 1.56. The van der Waals surface area contributed by atoms with Crippen LogP contribution in [-0.4, -0.2) is 15.9 Å². The van der Waals surface area contributed by atoms with E-state index in [4.69, 9.17) is 0 Å². The van der Waals surface area contributed by atoms with E-state index in [1.807, 2.05) is 0 Å². The molecule has 0 radical (unpaired) electrons. The molecule has 3 aliphatic rings. The Morgan fingerprint density at radius 2 is 1.92 bits per heavy atom. The molecule has 0 aliphatic heterocycles. The van der Waals surface area contributed by atoms with Crippen LogP contribution in [0.4, 0.5) is 0 Å². The van der Waals surface area contributed by atoms with E-state index in [0.29, 0.717) is 0 Å². The number of fused-ring (bicyclic) bond motifs is 1. The van der Waals surface area contributed by atoms with Crippen molar-refractivity contribution in [1.29, 1.82) is 0 Å². The average molecular weight is 247 g/mol. The highest BCUT2D eigenvalue weighted by molar-refractivity contribution is 9.09. The Bertz CT molecular complexity index is 287. The standard InChI is InChI=1S/C10H15BrO2/c1-8(2)9(3)4-5-10(8,6(9)11)7(12)13/h6H,4-5H2,1-3H3,(H,12,13)/t6-,9-,10-/m0/s1. The number of carboxylic acids is 1. The molecule has 0 aromatic carbocycles. The largest absolute Gasteiger partial charge is 0.481 e. The molecule has 0 saturated heterocycles. The zero-order valence-corrected chi connectivity index (χ0v) is 9.81. The summed E-state index contributed by atoms with van der Waals surface area (Å²) in [6, 6.07) is 0. The minimum Gasteiger partial charge on any atom is -0.481 e. The molecule has 13 heavy (non-hydrogen) atoms. The van der Waals surface area contributed by atoms with Gasteiger partial charge >= 0.3 is 5.97 Å². The predicted molar refractivity (Wildman–Crippen MR) is 53.9 cm³/mol. The molecule has 3 saturated carbocycles. The van der Waals surface area contributed by atoms with Crippen molar-refractivity contribution in [2.45, 2.75) is 38.4 Å². The number of rotatable bonds is 1. The number of aliphatic carboxylic acids is 1. The number of carbonyl (C=O) groups is 1. The van der Waals surface area contributed by atoms with Gasteiger partial charge in [0.05, 0.1) is 5.41 Å². The summed E-state index contributed by atoms with van der Waals surface area (Å²) in [5.41, 5.74) is -0.410. The fourth-order valence-electron chi connectivity index (χ4n) is 3.43. The lowest BCUT2D eigenvalue weighted by molar-refractivity contribution is -0.179. The van der Waals surface area contributed by atoms with Gasteiger partial charge in [-0.1, -0.05) is 36.7 Å². The Morgan fingerprint density at radius 1 is 1.38 bits per heavy atom. The minimum absolute atomic E-state index is 0.0694. The average Bonchev–Trinajstić information content (AvgIpc) is 2.39. The lowest BCUT2D eigenvalue weighted by atomic mass is 9.44. The van der Waals surface area contributed by atoms with Gasteiger partial charge in [0, 0.05) is 4.83 Å². The molecule has 2 bridgehead atoms. The third kappa shape index (κ3) is 0.641. The van der Waals surface area contributed by atoms with Gasteiger partial charge in [-0.25, -0.2) is 0 Å². The number of hydrogen-bond acceptors (Lipinski definition) is 1. The van der Waals surface area contributed by atoms with E-state index in [1.54, 1.807) is 0 Å². The van der Waals surface area contributed by atoms with Crippen molar-refractivity contribution >= 4 is 21.9 Å². The maximum Gasteiger partial charge on any atom is 0.311 e. The van der Waals surface area contributed by atoms with E-state index in [1.165, 1.54) is 0 Å². The molecule has 3 fully saturated rings. The van der Waals surface area contributed by atoms with Gasteiger partial charge in [-0.3, -0.25) is 4.79 Å². The molecule has 1 N–H and O–H groups in total. The summed E-state index contributed by atoms with van der Waals surface area (Å²) in [7, 11) is 0. The predicted octanol–water partition coefficient (Wildman–Crippen LogP) is 2.66. The van der Waals surface area contributed by atoms with E-state index >= 15 is 0 Å². The lowest BCUT2D eigenvalue weighted by Gasteiger charge is -2.63. The summed E-state index contributed by atoms with van der Waals surface area (Å²) in [6.45, 7) is 6.37. The van der Waals surface area contributed by atoms with Crippen LogP contribution in [0.3, 0.4) is 0 Å². The number of hydrogen-bond donors (Lipinski definition) is 1. The Balaban J connectivity index is 2.50. The van der Waals surface area contributed by atoms with Gasteiger partial charge in [-0.2, -0.15) is 0 Å². The first-order chi connectivity index (χ1) is 5.81. The molecule has 0 spiro atoms. The summed E-state index contributed by atoms with van der Waals surface area (Å²) in [4.78, 5) is 11.5. The number of carboxylic acid groups (broad SMARTS) is 1. The van der Waals surface area contributed by atoms with Crippen molar-refractivity contribution in [3.8, 4) is 0 Å². The molecule has 3 aliphatic carbocycles. The summed E-state index contributed by atoms with van der Waals surface area (Å²) in [5, 5.41) is 9.30. The molecular formula is C10H15BrO2. The fraction of sp³-hybridized carbons (Fsp3) is 0.900. The van der Waals surface area contributed by atoms with Gasteiger partial charge < -0.3 is 5.11 Å². The SMILES string of the molecule is CC1(C)[C@@]2(C)CC[C@@]1(C(=O)O)[C@H]2Br. The molecule has 0 aromatic rings. The Labute approximate surface area is 86.8 Å². The molecule has 0 unspecified atom stereocenters. The highest BCUT2D eigenvalue weighted by atomic mass is 79.9. The summed E-state index contributed by atoms with van der Waals surface area (Å²) in [6.07, 6.45) is 1.85. The molecule has 74 valence electrons. The Hall–Kier alpha value is -0.0500. The van der Waals surface area contributed by atoms with Gasteiger partial charge in [-0.05, 0) is 23.7 Å². The topological polar surface area (TPSA) is 37.3 Å². The van der Waals surface area contributed by atoms with Gasteiger partial charge in [0.25, 0.3) is 0 Å². The molecule has 0 amide bonds. The second-order valence-corrected chi connectivity index (χ2v) is 6.10. The molecule has 2 nitrogen and oxygen atoms in total. The highest BCUT2D eigenvalue weighted by Gasteiger charge is 2.80. The van der Waals surface area contributed by atoms with Crippen LogP contribution in [-0.2, 0) is 4.79 Å². The van der Waals surface area contributed by atoms with Crippen LogP contribution in [0.25, 0.3) is 0 Å². The lowest BCUT2D eigenvalue weighted by Crippen LogP contribution is -2.67. The molecule has 3 heteroatoms. The number of halogens is 1. The number of alkyl halides is 1. The molecule has 0 aromatic heterocycles. The Morgan fingerprint density at radius 3 is 2.08 bits per heavy atom. The van der Waals surface area contributed by atoms with E-state index in [-0.39, 0.29) is 15.7 Å². The first kappa shape index (κ1) is 9.50. The third-order valence-electron chi connectivity index (χ3n) is 4.96. The highest BCUT2D eigenvalue weighted by Crippen LogP contribution is 2.79. The quantitative estimate of drug-likeness (QED) is 0.723. The van der Waals surface area contributed by atoms with Crippen molar-refractivity contribution < 1.29 is 9.90 Å². The van der Waals surface area contributed by atoms with Crippen LogP contribution < -0.4 is 0 Å². The normalized spacial score (nSPS) is 51.5. The van der Waals surface area contributed by atoms with Gasteiger partial charge in [0.15, 0.2) is 0 Å². The van der Waals surface area contributed by atoms with Crippen molar-refractivity contribution in [1.82, 2.24) is 0 Å². The van der Waals surface area contributed by atoms with Gasteiger partial charge in [-0.15, -0.1) is 0 Å². The maximum atomic E-state index is 11.3. The van der Waals surface area contributed by atoms with Gasteiger partial charge in [0.2, 0.25) is 0 Å². The summed E-state index contributed by atoms with van der Waals surface area (Å²) < 4.78 is 0. The van der Waals surface area contributed by atoms with Crippen molar-refractivity contribution in [2.24, 2.45) is 16.2 Å². The third-order valence-corrected chi connectivity index (χ3v) is 6.75. The minimum atomic E-state index is -0.630. The fourth-order valence-corrected chi connectivity index (χ4v) is 5.23. The van der Waals surface area contributed by atoms with Crippen LogP contribution in [0, 0.1) is 16.2 Å². The molecule has 3 atom stereocenters. The first-order valence-corrected chi connectivity index (χ1v) is 5.60. The van der Waals surface area contributed by atoms with Gasteiger partial charge in [0.1, 0.15) is 0 Å². The second-order valence-electron chi connectivity index (χ2n) is 5.18. The zero-order chi connectivity index (χ0) is 10.1. The van der Waals surface area contributed by atoms with Crippen LogP contribution >= 0.6 is 15.9 Å². The van der Waals surface area contributed by atoms with Crippen molar-refractivity contribution in [3.63, 3.8) is 0 Å². The van der Waals surface area contributed by atoms with E-state index in [2.05, 4.69) is 36.7 Å². The van der Waals surface area contributed by atoms with Crippen LogP contribution in [0.15, 0.2) is 0 Å². The van der Waals surface area contributed by atoms with Crippen molar-refractivity contribution in [3.05, 3.63) is 0 Å². The molecule has 3 rings (SSSR count). The zero-order valence-electron chi connectivity index (χ0n) is 8.22. The summed E-state index contributed by atoms with van der Waals surface area (Å²) >= 11 is 3.56. The van der Waals surface area contributed by atoms with Crippen LogP contribution in [0.1, 0.15) is 33.6 Å².